The highest BCUT2D eigenvalue weighted by molar-refractivity contribution is 8.14. The maximum Gasteiger partial charge on any atom is 0.161 e. The number of aryl methyl sites for hydroxylation is 1. The number of rotatable bonds is 2. The van der Waals surface area contributed by atoms with Crippen molar-refractivity contribution in [3.8, 4) is 0 Å². The second-order valence-corrected chi connectivity index (χ2v) is 4.69. The van der Waals surface area contributed by atoms with Gasteiger partial charge in [0.15, 0.2) is 5.17 Å². The fourth-order valence-corrected chi connectivity index (χ4v) is 2.51. The van der Waals surface area contributed by atoms with Crippen molar-refractivity contribution in [1.29, 1.82) is 0 Å². The molecule has 1 aromatic heterocycles. The molecule has 1 N–H and O–H groups in total. The third-order valence-corrected chi connectivity index (χ3v) is 3.34. The van der Waals surface area contributed by atoms with Crippen LogP contribution in [0.4, 0.5) is 5.69 Å². The van der Waals surface area contributed by atoms with Crippen molar-refractivity contribution in [3.05, 3.63) is 24.0 Å². The van der Waals surface area contributed by atoms with E-state index in [-0.39, 0.29) is 0 Å². The number of nitrogens with one attached hydrogen (secondary N) is 1. The Morgan fingerprint density at radius 3 is 3.07 bits per heavy atom. The van der Waals surface area contributed by atoms with E-state index in [1.165, 1.54) is 0 Å². The molecule has 0 aliphatic carbocycles. The summed E-state index contributed by atoms with van der Waals surface area (Å²) in [4.78, 5) is 8.71. The van der Waals surface area contributed by atoms with Crippen molar-refractivity contribution in [2.24, 2.45) is 4.99 Å². The van der Waals surface area contributed by atoms with Gasteiger partial charge in [0.05, 0.1) is 17.9 Å². The number of pyridine rings is 1. The number of anilines is 1. The third kappa shape index (κ3) is 2.72. The summed E-state index contributed by atoms with van der Waals surface area (Å²) in [6, 6.07) is 2.56. The largest absolute Gasteiger partial charge is 0.334 e. The van der Waals surface area contributed by atoms with Gasteiger partial charge in [-0.3, -0.25) is 9.98 Å². The zero-order valence-corrected chi connectivity index (χ0v) is 9.84. The normalized spacial score (nSPS) is 20.1. The third-order valence-electron chi connectivity index (χ3n) is 2.31. The van der Waals surface area contributed by atoms with E-state index in [9.17, 15) is 0 Å². The van der Waals surface area contributed by atoms with Gasteiger partial charge in [0, 0.05) is 11.9 Å². The van der Waals surface area contributed by atoms with Gasteiger partial charge >= 0.3 is 0 Å². The summed E-state index contributed by atoms with van der Waals surface area (Å²) in [7, 11) is 0. The number of nitrogens with zero attached hydrogens (tertiary/aromatic N) is 2. The van der Waals surface area contributed by atoms with E-state index in [0.29, 0.717) is 6.04 Å². The van der Waals surface area contributed by atoms with Gasteiger partial charge < -0.3 is 5.32 Å². The van der Waals surface area contributed by atoms with E-state index < -0.39 is 0 Å². The molecule has 0 saturated heterocycles. The monoisotopic (exact) mass is 221 g/mol. The fourth-order valence-electron chi connectivity index (χ4n) is 1.44. The summed E-state index contributed by atoms with van der Waals surface area (Å²) in [6.07, 6.45) is 4.79. The minimum atomic E-state index is 0.482. The highest BCUT2D eigenvalue weighted by atomic mass is 32.2. The lowest BCUT2D eigenvalue weighted by molar-refractivity contribution is 0.738. The molecule has 1 aliphatic rings. The van der Waals surface area contributed by atoms with Gasteiger partial charge in [0.2, 0.25) is 0 Å². The number of amidine groups is 1. The van der Waals surface area contributed by atoms with Crippen LogP contribution in [0.3, 0.4) is 0 Å². The van der Waals surface area contributed by atoms with Gasteiger partial charge in [0.1, 0.15) is 0 Å². The number of thioether (sulfide) groups is 1. The minimum absolute atomic E-state index is 0.482. The first kappa shape index (κ1) is 10.5. The van der Waals surface area contributed by atoms with Crippen LogP contribution >= 0.6 is 11.8 Å². The van der Waals surface area contributed by atoms with E-state index in [2.05, 4.69) is 28.3 Å². The van der Waals surface area contributed by atoms with Crippen LogP contribution in [-0.4, -0.2) is 21.9 Å². The molecule has 1 aromatic rings. The zero-order chi connectivity index (χ0) is 10.7. The molecule has 2 rings (SSSR count). The van der Waals surface area contributed by atoms with Gasteiger partial charge in [0.25, 0.3) is 0 Å². The minimum Gasteiger partial charge on any atom is -0.334 e. The molecule has 80 valence electrons. The summed E-state index contributed by atoms with van der Waals surface area (Å²) in [5.74, 6) is 1.10. The van der Waals surface area contributed by atoms with Crippen LogP contribution in [0.15, 0.2) is 23.5 Å². The number of hydrogen-bond donors (Lipinski definition) is 1. The summed E-state index contributed by atoms with van der Waals surface area (Å²) in [5.41, 5.74) is 2.19. The first-order valence-corrected chi connectivity index (χ1v) is 6.15. The lowest BCUT2D eigenvalue weighted by Gasteiger charge is -2.04. The summed E-state index contributed by atoms with van der Waals surface area (Å²) in [6.45, 7) is 4.21. The summed E-state index contributed by atoms with van der Waals surface area (Å²) < 4.78 is 0. The molecule has 2 heterocycles. The Labute approximate surface area is 94.4 Å². The predicted octanol–water partition coefficient (Wildman–Crippen LogP) is 2.68. The Morgan fingerprint density at radius 2 is 2.40 bits per heavy atom. The number of aromatic nitrogens is 1. The highest BCUT2D eigenvalue weighted by Gasteiger charge is 2.16. The van der Waals surface area contributed by atoms with Crippen molar-refractivity contribution in [2.45, 2.75) is 26.3 Å². The molecule has 0 bridgehead atoms. The molecule has 1 unspecified atom stereocenters. The molecule has 4 heteroatoms. The molecule has 0 radical (unpaired) electrons. The molecular formula is C11H15N3S. The van der Waals surface area contributed by atoms with Crippen LogP contribution in [0.5, 0.6) is 0 Å². The second-order valence-electron chi connectivity index (χ2n) is 3.68. The molecule has 3 nitrogen and oxygen atoms in total. The molecule has 0 saturated carbocycles. The second kappa shape index (κ2) is 4.66. The first-order chi connectivity index (χ1) is 7.28. The first-order valence-electron chi connectivity index (χ1n) is 5.17. The topological polar surface area (TPSA) is 37.3 Å². The van der Waals surface area contributed by atoms with Gasteiger partial charge in [-0.1, -0.05) is 18.7 Å². The Kier molecular flexibility index (Phi) is 3.26. The molecule has 1 aliphatic heterocycles. The maximum atomic E-state index is 4.57. The van der Waals surface area contributed by atoms with Crippen LogP contribution in [0, 0.1) is 6.92 Å². The van der Waals surface area contributed by atoms with Crippen molar-refractivity contribution >= 4 is 22.6 Å². The molecule has 0 fully saturated rings. The predicted molar refractivity (Wildman–Crippen MR) is 66.6 cm³/mol. The Balaban J connectivity index is 2.03. The Morgan fingerprint density at radius 1 is 1.53 bits per heavy atom. The highest BCUT2D eigenvalue weighted by Crippen LogP contribution is 2.21. The van der Waals surface area contributed by atoms with E-state index in [1.54, 1.807) is 11.8 Å². The van der Waals surface area contributed by atoms with Crippen molar-refractivity contribution in [3.63, 3.8) is 0 Å². The smallest absolute Gasteiger partial charge is 0.161 e. The lowest BCUT2D eigenvalue weighted by atomic mass is 10.3. The molecule has 0 spiro atoms. The van der Waals surface area contributed by atoms with Crippen LogP contribution in [0.25, 0.3) is 0 Å². The van der Waals surface area contributed by atoms with Crippen LogP contribution in [-0.2, 0) is 0 Å². The fraction of sp³-hybridized carbons (Fsp3) is 0.455. The molecule has 0 aromatic carbocycles. The molecular weight excluding hydrogens is 206 g/mol. The number of hydrogen-bond acceptors (Lipinski definition) is 4. The van der Waals surface area contributed by atoms with Crippen molar-refractivity contribution < 1.29 is 0 Å². The summed E-state index contributed by atoms with van der Waals surface area (Å²) in [5, 5.41) is 4.32. The van der Waals surface area contributed by atoms with E-state index >= 15 is 0 Å². The number of aliphatic imine (C=N–C) groups is 1. The Hall–Kier alpha value is -1.03. The van der Waals surface area contributed by atoms with Gasteiger partial charge in [-0.15, -0.1) is 0 Å². The SMILES string of the molecule is CCC1CSC(Nc2cncc(C)c2)=N1. The van der Waals surface area contributed by atoms with Crippen LogP contribution in [0.2, 0.25) is 0 Å². The average molecular weight is 221 g/mol. The average Bonchev–Trinajstić information content (AvgIpc) is 2.65. The van der Waals surface area contributed by atoms with Crippen molar-refractivity contribution in [2.75, 3.05) is 11.1 Å². The molecule has 15 heavy (non-hydrogen) atoms. The van der Waals surface area contributed by atoms with Crippen molar-refractivity contribution in [1.82, 2.24) is 4.98 Å². The molecule has 1 atom stereocenters. The van der Waals surface area contributed by atoms with E-state index in [4.69, 9.17) is 0 Å². The van der Waals surface area contributed by atoms with Crippen LogP contribution in [0.1, 0.15) is 18.9 Å². The van der Waals surface area contributed by atoms with Gasteiger partial charge in [-0.2, -0.15) is 0 Å². The van der Waals surface area contributed by atoms with Crippen LogP contribution < -0.4 is 5.32 Å². The maximum absolute atomic E-state index is 4.57. The van der Waals surface area contributed by atoms with Gasteiger partial charge in [-0.05, 0) is 25.0 Å². The standard InChI is InChI=1S/C11H15N3S/c1-3-9-7-15-11(13-9)14-10-4-8(2)5-12-6-10/h4-6,9H,3,7H2,1-2H3,(H,13,14). The summed E-state index contributed by atoms with van der Waals surface area (Å²) >= 11 is 1.79. The van der Waals surface area contributed by atoms with E-state index in [1.807, 2.05) is 19.3 Å². The molecule has 0 amide bonds. The lowest BCUT2D eigenvalue weighted by Crippen LogP contribution is -2.05. The van der Waals surface area contributed by atoms with Gasteiger partial charge in [-0.25, -0.2) is 0 Å². The zero-order valence-electron chi connectivity index (χ0n) is 9.03. The Bertz CT molecular complexity index is 376. The van der Waals surface area contributed by atoms with E-state index in [0.717, 1.165) is 28.6 Å². The quantitative estimate of drug-likeness (QED) is 0.834.